The molecule has 0 aliphatic rings. The zero-order valence-electron chi connectivity index (χ0n) is 8.60. The van der Waals surface area contributed by atoms with Gasteiger partial charge in [-0.25, -0.2) is 4.79 Å². The van der Waals surface area contributed by atoms with Crippen LogP contribution in [0, 0.1) is 0 Å². The van der Waals surface area contributed by atoms with E-state index in [-0.39, 0.29) is 11.3 Å². The Hall–Kier alpha value is -1.77. The zero-order chi connectivity index (χ0) is 11.3. The third-order valence-corrected chi connectivity index (χ3v) is 2.06. The Kier molecular flexibility index (Phi) is 3.92. The lowest BCUT2D eigenvalue weighted by Gasteiger charge is -2.04. The minimum Gasteiger partial charge on any atom is -0.508 e. The second kappa shape index (κ2) is 5.20. The number of benzene rings is 1. The molecule has 1 aromatic rings. The van der Waals surface area contributed by atoms with Gasteiger partial charge in [0.25, 0.3) is 0 Å². The average Bonchev–Trinajstić information content (AvgIpc) is 2.25. The predicted molar refractivity (Wildman–Crippen MR) is 58.9 cm³/mol. The monoisotopic (exact) mass is 206 g/mol. The van der Waals surface area contributed by atoms with Gasteiger partial charge in [-0.2, -0.15) is 0 Å². The van der Waals surface area contributed by atoms with Crippen molar-refractivity contribution >= 4 is 11.7 Å². The van der Waals surface area contributed by atoms with Gasteiger partial charge in [-0.05, 0) is 18.6 Å². The summed E-state index contributed by atoms with van der Waals surface area (Å²) < 4.78 is 0. The molecule has 3 nitrogen and oxygen atoms in total. The molecule has 15 heavy (non-hydrogen) atoms. The number of carbonyl (C=O) groups is 1. The van der Waals surface area contributed by atoms with Gasteiger partial charge in [0.15, 0.2) is 0 Å². The van der Waals surface area contributed by atoms with Crippen molar-refractivity contribution in [1.82, 2.24) is 0 Å². The molecule has 0 spiro atoms. The third-order valence-electron chi connectivity index (χ3n) is 2.06. The molecule has 0 aliphatic carbocycles. The number of aromatic carboxylic acids is 1. The number of hydrogen-bond acceptors (Lipinski definition) is 2. The highest BCUT2D eigenvalue weighted by Gasteiger charge is 2.11. The molecule has 2 N–H and O–H groups in total. The first-order valence-corrected chi connectivity index (χ1v) is 4.88. The summed E-state index contributed by atoms with van der Waals surface area (Å²) >= 11 is 0. The van der Waals surface area contributed by atoms with Gasteiger partial charge >= 0.3 is 5.97 Å². The molecule has 0 atom stereocenters. The van der Waals surface area contributed by atoms with Crippen LogP contribution in [0.2, 0.25) is 0 Å². The molecule has 1 aromatic carbocycles. The van der Waals surface area contributed by atoms with E-state index in [1.807, 2.05) is 6.92 Å². The summed E-state index contributed by atoms with van der Waals surface area (Å²) in [6.45, 7) is 1.99. The van der Waals surface area contributed by atoms with E-state index in [2.05, 4.69) is 0 Å². The number of carboxylic acids is 1. The molecule has 80 valence electrons. The minimum absolute atomic E-state index is 0.0369. The molecular weight excluding hydrogens is 192 g/mol. The second-order valence-electron chi connectivity index (χ2n) is 3.23. The largest absolute Gasteiger partial charge is 0.508 e. The summed E-state index contributed by atoms with van der Waals surface area (Å²) in [4.78, 5) is 10.9. The quantitative estimate of drug-likeness (QED) is 0.744. The molecule has 0 unspecified atom stereocenters. The predicted octanol–water partition coefficient (Wildman–Crippen LogP) is 3.08. The van der Waals surface area contributed by atoms with Crippen LogP contribution >= 0.6 is 0 Å². The van der Waals surface area contributed by atoms with Crippen LogP contribution in [0.1, 0.15) is 35.7 Å². The number of unbranched alkanes of at least 4 members (excludes halogenated alkanes) is 1. The van der Waals surface area contributed by atoms with E-state index < -0.39 is 5.97 Å². The van der Waals surface area contributed by atoms with Crippen LogP contribution in [0.4, 0.5) is 0 Å². The molecule has 1 rings (SSSR count). The van der Waals surface area contributed by atoms with Crippen molar-refractivity contribution in [3.05, 3.63) is 41.5 Å². The molecule has 3 heteroatoms. The molecule has 0 aliphatic heterocycles. The zero-order valence-corrected chi connectivity index (χ0v) is 8.60. The smallest absolute Gasteiger partial charge is 0.336 e. The fourth-order valence-corrected chi connectivity index (χ4v) is 1.28. The summed E-state index contributed by atoms with van der Waals surface area (Å²) in [5.74, 6) is -0.989. The summed E-state index contributed by atoms with van der Waals surface area (Å²) in [7, 11) is 0. The molecule has 0 radical (unpaired) electrons. The van der Waals surface area contributed by atoms with Gasteiger partial charge < -0.3 is 10.2 Å². The Bertz CT molecular complexity index is 380. The highest BCUT2D eigenvalue weighted by Crippen LogP contribution is 2.17. The van der Waals surface area contributed by atoms with Gasteiger partial charge in [0.1, 0.15) is 5.76 Å². The van der Waals surface area contributed by atoms with Crippen molar-refractivity contribution in [1.29, 1.82) is 0 Å². The number of aliphatic hydroxyl groups is 1. The number of hydrogen-bond donors (Lipinski definition) is 2. The van der Waals surface area contributed by atoms with Gasteiger partial charge in [-0.1, -0.05) is 31.5 Å². The topological polar surface area (TPSA) is 57.5 Å². The van der Waals surface area contributed by atoms with Gasteiger partial charge in [0, 0.05) is 5.56 Å². The van der Waals surface area contributed by atoms with Crippen LogP contribution in [0.3, 0.4) is 0 Å². The van der Waals surface area contributed by atoms with Crippen LogP contribution < -0.4 is 0 Å². The van der Waals surface area contributed by atoms with Crippen molar-refractivity contribution in [2.75, 3.05) is 0 Å². The first-order valence-electron chi connectivity index (χ1n) is 4.88. The molecule has 0 fully saturated rings. The van der Waals surface area contributed by atoms with Crippen LogP contribution in [0.5, 0.6) is 0 Å². The maximum absolute atomic E-state index is 10.9. The van der Waals surface area contributed by atoms with E-state index in [1.54, 1.807) is 24.3 Å². The SMILES string of the molecule is CCC/C=C(\O)c1ccccc1C(=O)O. The highest BCUT2D eigenvalue weighted by molar-refractivity contribution is 5.93. The Labute approximate surface area is 88.7 Å². The van der Waals surface area contributed by atoms with E-state index in [9.17, 15) is 9.90 Å². The highest BCUT2D eigenvalue weighted by atomic mass is 16.4. The molecule has 0 amide bonds. The van der Waals surface area contributed by atoms with Gasteiger partial charge in [0.05, 0.1) is 5.56 Å². The first kappa shape index (κ1) is 11.3. The number of carboxylic acid groups (broad SMARTS) is 1. The van der Waals surface area contributed by atoms with Crippen molar-refractivity contribution in [2.24, 2.45) is 0 Å². The standard InChI is InChI=1S/C12H14O3/c1-2-3-8-11(13)9-6-4-5-7-10(9)12(14)15/h4-8,13H,2-3H2,1H3,(H,14,15)/b11-8-. The lowest BCUT2D eigenvalue weighted by atomic mass is 10.1. The van der Waals surface area contributed by atoms with Gasteiger partial charge in [0.2, 0.25) is 0 Å². The molecule has 0 heterocycles. The summed E-state index contributed by atoms with van der Waals surface area (Å²) in [5.41, 5.74) is 0.501. The van der Waals surface area contributed by atoms with Crippen LogP contribution in [-0.4, -0.2) is 16.2 Å². The summed E-state index contributed by atoms with van der Waals surface area (Å²) in [6.07, 6.45) is 3.29. The Morgan fingerprint density at radius 1 is 1.27 bits per heavy atom. The molecule has 0 aromatic heterocycles. The van der Waals surface area contributed by atoms with Crippen molar-refractivity contribution in [2.45, 2.75) is 19.8 Å². The third kappa shape index (κ3) is 2.84. The number of aliphatic hydroxyl groups excluding tert-OH is 1. The first-order chi connectivity index (χ1) is 7.16. The molecule has 0 saturated heterocycles. The van der Waals surface area contributed by atoms with E-state index in [1.165, 1.54) is 6.07 Å². The molecular formula is C12H14O3. The molecule has 0 bridgehead atoms. The maximum atomic E-state index is 10.9. The normalized spacial score (nSPS) is 11.4. The van der Waals surface area contributed by atoms with Gasteiger partial charge in [-0.3, -0.25) is 0 Å². The summed E-state index contributed by atoms with van der Waals surface area (Å²) in [5, 5.41) is 18.6. The van der Waals surface area contributed by atoms with Crippen molar-refractivity contribution in [3.8, 4) is 0 Å². The van der Waals surface area contributed by atoms with E-state index in [4.69, 9.17) is 5.11 Å². The van der Waals surface area contributed by atoms with E-state index in [0.717, 1.165) is 12.8 Å². The van der Waals surface area contributed by atoms with Gasteiger partial charge in [-0.15, -0.1) is 0 Å². The summed E-state index contributed by atoms with van der Waals surface area (Å²) in [6, 6.07) is 6.43. The van der Waals surface area contributed by atoms with Crippen molar-refractivity contribution < 1.29 is 15.0 Å². The van der Waals surface area contributed by atoms with Crippen LogP contribution in [0.25, 0.3) is 5.76 Å². The Balaban J connectivity index is 3.07. The van der Waals surface area contributed by atoms with Crippen molar-refractivity contribution in [3.63, 3.8) is 0 Å². The fourth-order valence-electron chi connectivity index (χ4n) is 1.28. The lowest BCUT2D eigenvalue weighted by molar-refractivity contribution is 0.0696. The van der Waals surface area contributed by atoms with E-state index in [0.29, 0.717) is 5.56 Å². The minimum atomic E-state index is -1.03. The average molecular weight is 206 g/mol. The van der Waals surface area contributed by atoms with E-state index >= 15 is 0 Å². The maximum Gasteiger partial charge on any atom is 0.336 e. The lowest BCUT2D eigenvalue weighted by Crippen LogP contribution is -2.01. The number of allylic oxidation sites excluding steroid dienone is 1. The molecule has 0 saturated carbocycles. The van der Waals surface area contributed by atoms with Crippen LogP contribution in [-0.2, 0) is 0 Å². The Morgan fingerprint density at radius 2 is 1.87 bits per heavy atom. The van der Waals surface area contributed by atoms with Crippen LogP contribution in [0.15, 0.2) is 30.3 Å². The fraction of sp³-hybridized carbons (Fsp3) is 0.250. The Morgan fingerprint density at radius 3 is 2.40 bits per heavy atom. The number of rotatable bonds is 4. The second-order valence-corrected chi connectivity index (χ2v) is 3.23.